The molecule has 3 aromatic carbocycles. The maximum absolute atomic E-state index is 15.0. The number of halogens is 2. The number of carbonyl (C=O) groups excluding carboxylic acids is 2. The second kappa shape index (κ2) is 9.31. The van der Waals surface area contributed by atoms with Gasteiger partial charge in [-0.2, -0.15) is 0 Å². The van der Waals surface area contributed by atoms with E-state index in [1.165, 1.54) is 35.2 Å². The van der Waals surface area contributed by atoms with Crippen molar-refractivity contribution in [3.63, 3.8) is 0 Å². The summed E-state index contributed by atoms with van der Waals surface area (Å²) in [6.45, 7) is 6.00. The largest absolute Gasteiger partial charge is 0.507 e. The van der Waals surface area contributed by atoms with Crippen LogP contribution in [0, 0.1) is 19.7 Å². The molecule has 1 N–H and O–H groups in total. The van der Waals surface area contributed by atoms with Crippen molar-refractivity contribution in [3.8, 4) is 5.75 Å². The first-order chi connectivity index (χ1) is 16.2. The predicted molar refractivity (Wildman–Crippen MR) is 130 cm³/mol. The molecule has 0 bridgehead atoms. The van der Waals surface area contributed by atoms with Crippen LogP contribution < -0.4 is 9.64 Å². The molecule has 1 fully saturated rings. The Hall–Kier alpha value is -3.64. The first-order valence-electron chi connectivity index (χ1n) is 10.8. The second-order valence-corrected chi connectivity index (χ2v) is 8.44. The van der Waals surface area contributed by atoms with Crippen LogP contribution in [-0.4, -0.2) is 23.4 Å². The maximum atomic E-state index is 15.0. The third kappa shape index (κ3) is 4.05. The molecule has 174 valence electrons. The van der Waals surface area contributed by atoms with Crippen LogP contribution in [0.4, 0.5) is 10.1 Å². The van der Waals surface area contributed by atoms with Crippen molar-refractivity contribution in [2.24, 2.45) is 0 Å². The Morgan fingerprint density at radius 1 is 1.06 bits per heavy atom. The number of ether oxygens (including phenoxy) is 1. The molecule has 34 heavy (non-hydrogen) atoms. The lowest BCUT2D eigenvalue weighted by Crippen LogP contribution is -2.30. The van der Waals surface area contributed by atoms with E-state index in [9.17, 15) is 14.7 Å². The highest BCUT2D eigenvalue weighted by molar-refractivity contribution is 6.52. The minimum Gasteiger partial charge on any atom is -0.507 e. The van der Waals surface area contributed by atoms with Crippen molar-refractivity contribution in [1.82, 2.24) is 0 Å². The van der Waals surface area contributed by atoms with Crippen molar-refractivity contribution in [3.05, 3.63) is 99.3 Å². The predicted octanol–water partition coefficient (Wildman–Crippen LogP) is 6.12. The van der Waals surface area contributed by atoms with E-state index >= 15 is 4.39 Å². The zero-order valence-electron chi connectivity index (χ0n) is 18.9. The number of nitrogens with zero attached hydrogens (tertiary/aromatic N) is 1. The molecule has 0 aliphatic carbocycles. The fourth-order valence-electron chi connectivity index (χ4n) is 4.05. The van der Waals surface area contributed by atoms with Gasteiger partial charge < -0.3 is 9.84 Å². The highest BCUT2D eigenvalue weighted by Gasteiger charge is 2.48. The summed E-state index contributed by atoms with van der Waals surface area (Å²) in [5, 5.41) is 11.4. The lowest BCUT2D eigenvalue weighted by Gasteiger charge is -2.26. The summed E-state index contributed by atoms with van der Waals surface area (Å²) in [5.74, 6) is -2.47. The standard InChI is InChI=1S/C27H23ClFNO4/c1-4-34-18-11-12-21(28)20(14-18)25(31)23-24(19-7-5-6-8-22(19)29)30(27(33)26(23)32)17-10-9-15(2)16(3)13-17/h5-14,24,31H,4H2,1-3H3/b25-23+. The fraction of sp³-hybridized carbons (Fsp3) is 0.185. The minimum absolute atomic E-state index is 0.0820. The van der Waals surface area contributed by atoms with E-state index in [0.29, 0.717) is 18.0 Å². The van der Waals surface area contributed by atoms with Crippen LogP contribution in [-0.2, 0) is 9.59 Å². The van der Waals surface area contributed by atoms with Gasteiger partial charge in [0.1, 0.15) is 17.3 Å². The SMILES string of the molecule is CCOc1ccc(Cl)c(/C(O)=C2\C(=O)C(=O)N(c3ccc(C)c(C)c3)C2c2ccccc2F)c1. The van der Waals surface area contributed by atoms with Crippen LogP contribution in [0.2, 0.25) is 5.02 Å². The number of hydrogen-bond acceptors (Lipinski definition) is 4. The molecule has 1 aliphatic heterocycles. The molecule has 1 heterocycles. The van der Waals surface area contributed by atoms with E-state index in [1.54, 1.807) is 31.2 Å². The monoisotopic (exact) mass is 479 g/mol. The fourth-order valence-corrected chi connectivity index (χ4v) is 4.26. The summed E-state index contributed by atoms with van der Waals surface area (Å²) in [6.07, 6.45) is 0. The molecule has 4 rings (SSSR count). The van der Waals surface area contributed by atoms with Crippen molar-refractivity contribution in [2.75, 3.05) is 11.5 Å². The van der Waals surface area contributed by atoms with Crippen molar-refractivity contribution >= 4 is 34.7 Å². The number of Topliss-reactive ketones (excluding diaryl/α,β-unsaturated/α-hetero) is 1. The van der Waals surface area contributed by atoms with Crippen LogP contribution in [0.25, 0.3) is 5.76 Å². The van der Waals surface area contributed by atoms with Gasteiger partial charge in [0.25, 0.3) is 11.7 Å². The third-order valence-corrected chi connectivity index (χ3v) is 6.25. The highest BCUT2D eigenvalue weighted by atomic mass is 35.5. The molecule has 0 spiro atoms. The number of amides is 1. The second-order valence-electron chi connectivity index (χ2n) is 8.03. The molecule has 5 nitrogen and oxygen atoms in total. The van der Waals surface area contributed by atoms with E-state index < -0.39 is 29.3 Å². The molecule has 0 radical (unpaired) electrons. The van der Waals surface area contributed by atoms with E-state index in [2.05, 4.69) is 0 Å². The minimum atomic E-state index is -1.19. The maximum Gasteiger partial charge on any atom is 0.300 e. The lowest BCUT2D eigenvalue weighted by molar-refractivity contribution is -0.132. The quantitative estimate of drug-likeness (QED) is 0.272. The van der Waals surface area contributed by atoms with Gasteiger partial charge in [-0.3, -0.25) is 14.5 Å². The van der Waals surface area contributed by atoms with Crippen LogP contribution in [0.3, 0.4) is 0 Å². The number of aliphatic hydroxyl groups is 1. The number of hydrogen-bond donors (Lipinski definition) is 1. The molecule has 0 aromatic heterocycles. The van der Waals surface area contributed by atoms with Crippen molar-refractivity contribution < 1.29 is 23.8 Å². The van der Waals surface area contributed by atoms with E-state index in [-0.39, 0.29) is 21.7 Å². The molecular formula is C27H23ClFNO4. The van der Waals surface area contributed by atoms with Gasteiger partial charge >= 0.3 is 0 Å². The van der Waals surface area contributed by atoms with Crippen LogP contribution >= 0.6 is 11.6 Å². The molecule has 1 amide bonds. The van der Waals surface area contributed by atoms with Crippen LogP contribution in [0.5, 0.6) is 5.75 Å². The zero-order valence-corrected chi connectivity index (χ0v) is 19.7. The number of anilines is 1. The normalized spacial score (nSPS) is 17.3. The van der Waals surface area contributed by atoms with Gasteiger partial charge in [0.15, 0.2) is 0 Å². The van der Waals surface area contributed by atoms with Crippen molar-refractivity contribution in [2.45, 2.75) is 26.8 Å². The Morgan fingerprint density at radius 2 is 1.79 bits per heavy atom. The Morgan fingerprint density at radius 3 is 2.47 bits per heavy atom. The van der Waals surface area contributed by atoms with Gasteiger partial charge in [0.05, 0.1) is 23.2 Å². The Labute approximate surface area is 202 Å². The van der Waals surface area contributed by atoms with Gasteiger partial charge in [-0.05, 0) is 68.3 Å². The highest BCUT2D eigenvalue weighted by Crippen LogP contribution is 2.44. The first-order valence-corrected chi connectivity index (χ1v) is 11.2. The van der Waals surface area contributed by atoms with Crippen molar-refractivity contribution in [1.29, 1.82) is 0 Å². The van der Waals surface area contributed by atoms with Gasteiger partial charge in [-0.25, -0.2) is 4.39 Å². The summed E-state index contributed by atoms with van der Waals surface area (Å²) < 4.78 is 20.5. The summed E-state index contributed by atoms with van der Waals surface area (Å²) in [5.41, 5.74) is 2.28. The van der Waals surface area contributed by atoms with Crippen LogP contribution in [0.15, 0.2) is 66.2 Å². The summed E-state index contributed by atoms with van der Waals surface area (Å²) in [6, 6.07) is 14.6. The summed E-state index contributed by atoms with van der Waals surface area (Å²) in [7, 11) is 0. The molecule has 0 saturated carbocycles. The van der Waals surface area contributed by atoms with Gasteiger partial charge in [0, 0.05) is 16.8 Å². The molecule has 1 unspecified atom stereocenters. The van der Waals surface area contributed by atoms with Crippen LogP contribution in [0.1, 0.15) is 35.2 Å². The topological polar surface area (TPSA) is 66.8 Å². The number of rotatable bonds is 5. The smallest absolute Gasteiger partial charge is 0.300 e. The average molecular weight is 480 g/mol. The summed E-state index contributed by atoms with van der Waals surface area (Å²) >= 11 is 6.34. The van der Waals surface area contributed by atoms with Gasteiger partial charge in [-0.1, -0.05) is 35.9 Å². The Bertz CT molecular complexity index is 1330. The Kier molecular flexibility index (Phi) is 6.44. The van der Waals surface area contributed by atoms with E-state index in [1.807, 2.05) is 19.9 Å². The average Bonchev–Trinajstić information content (AvgIpc) is 3.07. The number of ketones is 1. The van der Waals surface area contributed by atoms with Gasteiger partial charge in [-0.15, -0.1) is 0 Å². The molecule has 3 aromatic rings. The molecule has 1 aliphatic rings. The number of benzene rings is 3. The lowest BCUT2D eigenvalue weighted by atomic mass is 9.94. The Balaban J connectivity index is 1.99. The molecule has 1 atom stereocenters. The van der Waals surface area contributed by atoms with E-state index in [4.69, 9.17) is 16.3 Å². The van der Waals surface area contributed by atoms with Gasteiger partial charge in [0.2, 0.25) is 0 Å². The molecule has 1 saturated heterocycles. The number of aliphatic hydroxyl groups excluding tert-OH is 1. The van der Waals surface area contributed by atoms with E-state index in [0.717, 1.165) is 11.1 Å². The first kappa shape index (κ1) is 23.5. The number of carbonyl (C=O) groups is 2. The zero-order chi connectivity index (χ0) is 24.6. The molecular weight excluding hydrogens is 457 g/mol. The summed E-state index contributed by atoms with van der Waals surface area (Å²) in [4.78, 5) is 27.7. The number of aryl methyl sites for hydroxylation is 2. The molecule has 7 heteroatoms. The third-order valence-electron chi connectivity index (χ3n) is 5.92.